The van der Waals surface area contributed by atoms with Gasteiger partial charge in [-0.05, 0) is 37.6 Å². The fourth-order valence-electron chi connectivity index (χ4n) is 3.32. The number of alkyl halides is 3. The first kappa shape index (κ1) is 21.4. The van der Waals surface area contributed by atoms with Crippen LogP contribution >= 0.6 is 0 Å². The van der Waals surface area contributed by atoms with Crippen LogP contribution in [0.1, 0.15) is 22.5 Å². The fraction of sp³-hybridized carbons (Fsp3) is 0.250. The van der Waals surface area contributed by atoms with Gasteiger partial charge in [0, 0.05) is 5.69 Å². The molecule has 0 atom stereocenters. The molecule has 4 rings (SSSR count). The molecular weight excluding hydrogens is 430 g/mol. The second-order valence-corrected chi connectivity index (χ2v) is 7.19. The molecule has 0 saturated carbocycles. The van der Waals surface area contributed by atoms with E-state index in [1.807, 2.05) is 0 Å². The molecule has 32 heavy (non-hydrogen) atoms. The molecule has 0 radical (unpaired) electrons. The lowest BCUT2D eigenvalue weighted by Gasteiger charge is -2.10. The SMILES string of the molecule is Cc1cc(C(F)(F)F)c2c(C)nn(CC(=O)Nc3ncn(Cc4ccc(F)cc4)n3)c2n1. The van der Waals surface area contributed by atoms with Gasteiger partial charge in [-0.2, -0.15) is 18.3 Å². The van der Waals surface area contributed by atoms with Crippen molar-refractivity contribution in [2.24, 2.45) is 0 Å². The summed E-state index contributed by atoms with van der Waals surface area (Å²) in [6, 6.07) is 6.81. The second-order valence-electron chi connectivity index (χ2n) is 7.19. The summed E-state index contributed by atoms with van der Waals surface area (Å²) in [5.74, 6) is -0.912. The third kappa shape index (κ3) is 4.43. The zero-order valence-corrected chi connectivity index (χ0v) is 17.0. The molecule has 1 N–H and O–H groups in total. The number of halogens is 4. The summed E-state index contributed by atoms with van der Waals surface area (Å²) in [6.07, 6.45) is -3.18. The van der Waals surface area contributed by atoms with Gasteiger partial charge in [-0.3, -0.25) is 10.1 Å². The van der Waals surface area contributed by atoms with Crippen LogP contribution in [0.3, 0.4) is 0 Å². The Hall–Kier alpha value is -3.83. The highest BCUT2D eigenvalue weighted by Gasteiger charge is 2.35. The van der Waals surface area contributed by atoms with Crippen LogP contribution in [0.25, 0.3) is 11.0 Å². The molecule has 1 amide bonds. The Bertz CT molecular complexity index is 1290. The van der Waals surface area contributed by atoms with Gasteiger partial charge in [0.05, 0.1) is 23.2 Å². The molecule has 3 heterocycles. The van der Waals surface area contributed by atoms with Gasteiger partial charge in [-0.15, -0.1) is 5.10 Å². The number of fused-ring (bicyclic) bond motifs is 1. The molecule has 0 aliphatic heterocycles. The zero-order chi connectivity index (χ0) is 23.0. The van der Waals surface area contributed by atoms with Crippen molar-refractivity contribution in [2.45, 2.75) is 33.1 Å². The van der Waals surface area contributed by atoms with Crippen molar-refractivity contribution < 1.29 is 22.4 Å². The van der Waals surface area contributed by atoms with Gasteiger partial charge in [0.1, 0.15) is 18.7 Å². The van der Waals surface area contributed by atoms with Crippen LogP contribution in [0.5, 0.6) is 0 Å². The molecule has 0 fully saturated rings. The van der Waals surface area contributed by atoms with Crippen molar-refractivity contribution in [3.8, 4) is 0 Å². The number of nitrogens with one attached hydrogen (secondary N) is 1. The zero-order valence-electron chi connectivity index (χ0n) is 17.0. The summed E-state index contributed by atoms with van der Waals surface area (Å²) >= 11 is 0. The van der Waals surface area contributed by atoms with Crippen LogP contribution in [0.4, 0.5) is 23.5 Å². The molecule has 3 aromatic heterocycles. The van der Waals surface area contributed by atoms with Gasteiger partial charge in [0.2, 0.25) is 11.9 Å². The van der Waals surface area contributed by atoms with Gasteiger partial charge in [0.25, 0.3) is 0 Å². The quantitative estimate of drug-likeness (QED) is 0.473. The topological polar surface area (TPSA) is 90.5 Å². The molecule has 0 bridgehead atoms. The number of anilines is 1. The van der Waals surface area contributed by atoms with Crippen LogP contribution in [0.15, 0.2) is 36.7 Å². The fourth-order valence-corrected chi connectivity index (χ4v) is 3.32. The molecule has 4 aromatic rings. The van der Waals surface area contributed by atoms with Crippen molar-refractivity contribution >= 4 is 22.9 Å². The van der Waals surface area contributed by atoms with E-state index in [1.54, 1.807) is 12.1 Å². The Kier molecular flexibility index (Phi) is 5.36. The predicted molar refractivity (Wildman–Crippen MR) is 106 cm³/mol. The average Bonchev–Trinajstić information content (AvgIpc) is 3.26. The van der Waals surface area contributed by atoms with Gasteiger partial charge >= 0.3 is 6.18 Å². The van der Waals surface area contributed by atoms with E-state index in [0.717, 1.165) is 16.3 Å². The van der Waals surface area contributed by atoms with Gasteiger partial charge in [-0.1, -0.05) is 12.1 Å². The summed E-state index contributed by atoms with van der Waals surface area (Å²) in [6.45, 7) is 2.82. The first-order valence-electron chi connectivity index (χ1n) is 9.46. The van der Waals surface area contributed by atoms with E-state index in [4.69, 9.17) is 0 Å². The third-order valence-electron chi connectivity index (χ3n) is 4.65. The number of aryl methyl sites for hydroxylation is 2. The van der Waals surface area contributed by atoms with E-state index in [2.05, 4.69) is 25.5 Å². The molecule has 166 valence electrons. The van der Waals surface area contributed by atoms with E-state index in [-0.39, 0.29) is 40.7 Å². The number of carbonyl (C=O) groups is 1. The Balaban J connectivity index is 1.51. The Labute approximate surface area is 178 Å². The molecule has 0 aliphatic rings. The summed E-state index contributed by atoms with van der Waals surface area (Å²) in [5.41, 5.74) is 0.196. The predicted octanol–water partition coefficient (Wildman–Crippen LogP) is 3.48. The van der Waals surface area contributed by atoms with Gasteiger partial charge < -0.3 is 0 Å². The number of hydrogen-bond donors (Lipinski definition) is 1. The van der Waals surface area contributed by atoms with Crippen molar-refractivity contribution in [1.82, 2.24) is 29.5 Å². The molecule has 1 aromatic carbocycles. The normalized spacial score (nSPS) is 11.8. The highest BCUT2D eigenvalue weighted by atomic mass is 19.4. The van der Waals surface area contributed by atoms with Gasteiger partial charge in [-0.25, -0.2) is 23.7 Å². The molecule has 0 saturated heterocycles. The summed E-state index contributed by atoms with van der Waals surface area (Å²) < 4.78 is 55.9. The van der Waals surface area contributed by atoms with Crippen LogP contribution < -0.4 is 5.32 Å². The molecule has 12 heteroatoms. The van der Waals surface area contributed by atoms with Crippen LogP contribution in [0, 0.1) is 19.7 Å². The van der Waals surface area contributed by atoms with Crippen molar-refractivity contribution in [3.05, 3.63) is 65.0 Å². The summed E-state index contributed by atoms with van der Waals surface area (Å²) in [7, 11) is 0. The lowest BCUT2D eigenvalue weighted by atomic mass is 10.1. The largest absolute Gasteiger partial charge is 0.417 e. The highest BCUT2D eigenvalue weighted by Crippen LogP contribution is 2.36. The van der Waals surface area contributed by atoms with E-state index < -0.39 is 17.6 Å². The molecule has 8 nitrogen and oxygen atoms in total. The molecule has 0 spiro atoms. The third-order valence-corrected chi connectivity index (χ3v) is 4.65. The smallest absolute Gasteiger partial charge is 0.292 e. The Morgan fingerprint density at radius 1 is 1.12 bits per heavy atom. The first-order chi connectivity index (χ1) is 15.1. The molecule has 0 unspecified atom stereocenters. The number of benzene rings is 1. The molecule has 0 aliphatic carbocycles. The first-order valence-corrected chi connectivity index (χ1v) is 9.46. The highest BCUT2D eigenvalue weighted by molar-refractivity contribution is 5.90. The minimum absolute atomic E-state index is 0.0189. The monoisotopic (exact) mass is 447 g/mol. The summed E-state index contributed by atoms with van der Waals surface area (Å²) in [5, 5.41) is 10.5. The van der Waals surface area contributed by atoms with E-state index in [9.17, 15) is 22.4 Å². The minimum atomic E-state index is -4.58. The number of amides is 1. The lowest BCUT2D eigenvalue weighted by Crippen LogP contribution is -2.21. The van der Waals surface area contributed by atoms with E-state index >= 15 is 0 Å². The number of rotatable bonds is 5. The Morgan fingerprint density at radius 3 is 2.53 bits per heavy atom. The van der Waals surface area contributed by atoms with E-state index in [1.165, 1.54) is 37.0 Å². The van der Waals surface area contributed by atoms with E-state index in [0.29, 0.717) is 6.54 Å². The van der Waals surface area contributed by atoms with Crippen molar-refractivity contribution in [1.29, 1.82) is 0 Å². The van der Waals surface area contributed by atoms with Crippen LogP contribution in [0.2, 0.25) is 0 Å². The lowest BCUT2D eigenvalue weighted by molar-refractivity contribution is -0.136. The van der Waals surface area contributed by atoms with Crippen LogP contribution in [-0.2, 0) is 24.1 Å². The maximum atomic E-state index is 13.4. The van der Waals surface area contributed by atoms with Crippen LogP contribution in [-0.4, -0.2) is 35.4 Å². The minimum Gasteiger partial charge on any atom is -0.292 e. The van der Waals surface area contributed by atoms with Crippen molar-refractivity contribution in [3.63, 3.8) is 0 Å². The number of aromatic nitrogens is 6. The maximum absolute atomic E-state index is 13.4. The summed E-state index contributed by atoms with van der Waals surface area (Å²) in [4.78, 5) is 20.6. The Morgan fingerprint density at radius 2 is 1.84 bits per heavy atom. The maximum Gasteiger partial charge on any atom is 0.417 e. The molecular formula is C20H17F4N7O. The number of nitrogens with zero attached hydrogens (tertiary/aromatic N) is 6. The van der Waals surface area contributed by atoms with Crippen molar-refractivity contribution in [2.75, 3.05) is 5.32 Å². The van der Waals surface area contributed by atoms with Gasteiger partial charge in [0.15, 0.2) is 5.65 Å². The standard InChI is InChI=1S/C20H17F4N7O/c1-11-7-15(20(22,23)24)17-12(2)28-31(18(17)26-11)9-16(32)27-19-25-10-30(29-19)8-13-3-5-14(21)6-4-13/h3-7,10H,8-9H2,1-2H3,(H,27,29,32). The number of carbonyl (C=O) groups excluding carboxylic acids is 1. The second kappa shape index (κ2) is 8.02. The number of hydrogen-bond acceptors (Lipinski definition) is 5. The number of pyridine rings is 1. The average molecular weight is 447 g/mol.